The van der Waals surface area contributed by atoms with E-state index in [-0.39, 0.29) is 0 Å². The molecule has 0 saturated heterocycles. The van der Waals surface area contributed by atoms with E-state index in [1.165, 1.54) is 0 Å². The first-order chi connectivity index (χ1) is 4.88. The summed E-state index contributed by atoms with van der Waals surface area (Å²) in [5.41, 5.74) is 1.49. The second-order valence-electron chi connectivity index (χ2n) is 1.95. The Morgan fingerprint density at radius 1 is 1.40 bits per heavy atom. The molecule has 0 radical (unpaired) electrons. The first kappa shape index (κ1) is 5.28. The minimum atomic E-state index is 0.588. The van der Waals surface area contributed by atoms with Crippen molar-refractivity contribution in [3.05, 3.63) is 12.3 Å². The van der Waals surface area contributed by atoms with Crippen molar-refractivity contribution < 1.29 is 0 Å². The van der Waals surface area contributed by atoms with E-state index in [9.17, 15) is 0 Å². The number of fused-ring (bicyclic) bond motifs is 1. The highest BCUT2D eigenvalue weighted by Gasteiger charge is 1.98. The largest absolute Gasteiger partial charge is 0.246 e. The van der Waals surface area contributed by atoms with Crippen LogP contribution in [0.1, 0.15) is 0 Å². The van der Waals surface area contributed by atoms with Gasteiger partial charge in [-0.05, 0) is 6.07 Å². The minimum Gasteiger partial charge on any atom is -0.246 e. The van der Waals surface area contributed by atoms with Crippen molar-refractivity contribution >= 4 is 11.2 Å². The van der Waals surface area contributed by atoms with E-state index in [4.69, 9.17) is 0 Å². The molecule has 0 aliphatic rings. The van der Waals surface area contributed by atoms with Crippen LogP contribution in [0.15, 0.2) is 12.3 Å². The first-order valence-corrected chi connectivity index (χ1v) is 2.85. The number of aromatic nitrogens is 5. The van der Waals surface area contributed by atoms with Gasteiger partial charge < -0.3 is 0 Å². The van der Waals surface area contributed by atoms with E-state index >= 15 is 0 Å². The lowest BCUT2D eigenvalue weighted by atomic mass is 10.5. The van der Waals surface area contributed by atoms with Crippen LogP contribution >= 0.6 is 0 Å². The fourth-order valence-electron chi connectivity index (χ4n) is 0.799. The number of rotatable bonds is 0. The number of hydrogen-bond donors (Lipinski definition) is 0. The Morgan fingerprint density at radius 2 is 2.30 bits per heavy atom. The van der Waals surface area contributed by atoms with Crippen LogP contribution in [-0.2, 0) is 7.05 Å². The summed E-state index contributed by atoms with van der Waals surface area (Å²) in [6.07, 6.45) is 1.62. The summed E-state index contributed by atoms with van der Waals surface area (Å²) in [6, 6.07) is 1.82. The average Bonchev–Trinajstić information content (AvgIpc) is 2.34. The zero-order valence-electron chi connectivity index (χ0n) is 5.39. The zero-order chi connectivity index (χ0) is 6.97. The lowest BCUT2D eigenvalue weighted by molar-refractivity contribution is 0.736. The monoisotopic (exact) mass is 135 g/mol. The van der Waals surface area contributed by atoms with E-state index < -0.39 is 0 Å². The summed E-state index contributed by atoms with van der Waals surface area (Å²) >= 11 is 0. The molecule has 0 aliphatic heterocycles. The van der Waals surface area contributed by atoms with Crippen molar-refractivity contribution in [2.75, 3.05) is 0 Å². The SMILES string of the molecule is Cn1nnc2nnccc21. The molecule has 0 amide bonds. The highest BCUT2D eigenvalue weighted by Crippen LogP contribution is 2.01. The lowest BCUT2D eigenvalue weighted by Crippen LogP contribution is -1.89. The van der Waals surface area contributed by atoms with Crippen LogP contribution in [0.4, 0.5) is 0 Å². The van der Waals surface area contributed by atoms with Crippen LogP contribution in [0.25, 0.3) is 11.2 Å². The topological polar surface area (TPSA) is 56.5 Å². The van der Waals surface area contributed by atoms with Gasteiger partial charge in [0.05, 0.1) is 6.20 Å². The summed E-state index contributed by atoms with van der Waals surface area (Å²) in [6.45, 7) is 0. The molecule has 0 saturated carbocycles. The van der Waals surface area contributed by atoms with Crippen molar-refractivity contribution in [1.82, 2.24) is 25.2 Å². The van der Waals surface area contributed by atoms with E-state index in [2.05, 4.69) is 20.5 Å². The van der Waals surface area contributed by atoms with Gasteiger partial charge in [0.1, 0.15) is 5.52 Å². The van der Waals surface area contributed by atoms with Crippen LogP contribution < -0.4 is 0 Å². The number of aryl methyl sites for hydroxylation is 1. The summed E-state index contributed by atoms with van der Waals surface area (Å²) in [7, 11) is 1.82. The van der Waals surface area contributed by atoms with Crippen molar-refractivity contribution in [1.29, 1.82) is 0 Å². The number of nitrogens with zero attached hydrogens (tertiary/aromatic N) is 5. The molecule has 0 aromatic carbocycles. The van der Waals surface area contributed by atoms with Gasteiger partial charge >= 0.3 is 0 Å². The summed E-state index contributed by atoms with van der Waals surface area (Å²) in [4.78, 5) is 0. The van der Waals surface area contributed by atoms with E-state index in [0.717, 1.165) is 5.52 Å². The van der Waals surface area contributed by atoms with Gasteiger partial charge in [0.15, 0.2) is 0 Å². The third-order valence-corrected chi connectivity index (χ3v) is 1.30. The van der Waals surface area contributed by atoms with Crippen LogP contribution in [0.5, 0.6) is 0 Å². The Balaban J connectivity index is 2.93. The van der Waals surface area contributed by atoms with Gasteiger partial charge in [-0.1, -0.05) is 5.21 Å². The van der Waals surface area contributed by atoms with Gasteiger partial charge in [-0.2, -0.15) is 5.10 Å². The molecule has 0 fully saturated rings. The molecule has 0 bridgehead atoms. The molecule has 50 valence electrons. The molecule has 2 rings (SSSR count). The van der Waals surface area contributed by atoms with Crippen molar-refractivity contribution in [3.8, 4) is 0 Å². The van der Waals surface area contributed by atoms with Crippen LogP contribution in [0, 0.1) is 0 Å². The zero-order valence-corrected chi connectivity index (χ0v) is 5.39. The Hall–Kier alpha value is -1.52. The maximum atomic E-state index is 3.76. The van der Waals surface area contributed by atoms with E-state index in [1.54, 1.807) is 10.9 Å². The molecule has 2 aromatic rings. The molecule has 0 spiro atoms. The van der Waals surface area contributed by atoms with Gasteiger partial charge in [0.2, 0.25) is 5.65 Å². The second kappa shape index (κ2) is 1.73. The Labute approximate surface area is 56.7 Å². The van der Waals surface area contributed by atoms with Crippen molar-refractivity contribution in [2.24, 2.45) is 7.05 Å². The van der Waals surface area contributed by atoms with Crippen LogP contribution in [0.3, 0.4) is 0 Å². The molecular formula is C5H5N5. The number of hydrogen-bond acceptors (Lipinski definition) is 4. The smallest absolute Gasteiger partial charge is 0.223 e. The molecule has 0 N–H and O–H groups in total. The molecule has 2 heterocycles. The van der Waals surface area contributed by atoms with E-state index in [0.29, 0.717) is 5.65 Å². The van der Waals surface area contributed by atoms with Gasteiger partial charge in [0.25, 0.3) is 0 Å². The highest BCUT2D eigenvalue weighted by atomic mass is 15.4. The normalized spacial score (nSPS) is 10.5. The summed E-state index contributed by atoms with van der Waals surface area (Å²) in [5.74, 6) is 0. The van der Waals surface area contributed by atoms with Gasteiger partial charge in [-0.3, -0.25) is 0 Å². The Bertz CT molecular complexity index is 352. The quantitative estimate of drug-likeness (QED) is 0.500. The predicted octanol–water partition coefficient (Wildman–Crippen LogP) is -0.242. The Kier molecular flexibility index (Phi) is 0.913. The summed E-state index contributed by atoms with van der Waals surface area (Å²) in [5, 5.41) is 14.9. The minimum absolute atomic E-state index is 0.588. The van der Waals surface area contributed by atoms with Crippen LogP contribution in [-0.4, -0.2) is 25.2 Å². The fraction of sp³-hybridized carbons (Fsp3) is 0.200. The van der Waals surface area contributed by atoms with Crippen LogP contribution in [0.2, 0.25) is 0 Å². The van der Waals surface area contributed by atoms with E-state index in [1.807, 2.05) is 13.1 Å². The molecule has 10 heavy (non-hydrogen) atoms. The molecule has 2 aromatic heterocycles. The van der Waals surface area contributed by atoms with Crippen molar-refractivity contribution in [2.45, 2.75) is 0 Å². The van der Waals surface area contributed by atoms with Gasteiger partial charge in [-0.25, -0.2) is 4.68 Å². The standard InChI is InChI=1S/C5H5N5/c1-10-4-2-3-6-7-5(4)8-9-10/h2-3H,1H3. The maximum absolute atomic E-state index is 3.76. The molecule has 5 heteroatoms. The molecule has 0 atom stereocenters. The third-order valence-electron chi connectivity index (χ3n) is 1.30. The fourth-order valence-corrected chi connectivity index (χ4v) is 0.799. The lowest BCUT2D eigenvalue weighted by Gasteiger charge is -1.85. The van der Waals surface area contributed by atoms with Gasteiger partial charge in [0, 0.05) is 7.05 Å². The second-order valence-corrected chi connectivity index (χ2v) is 1.95. The first-order valence-electron chi connectivity index (χ1n) is 2.85. The summed E-state index contributed by atoms with van der Waals surface area (Å²) < 4.78 is 1.66. The molecule has 5 nitrogen and oxygen atoms in total. The predicted molar refractivity (Wildman–Crippen MR) is 34.1 cm³/mol. The van der Waals surface area contributed by atoms with Gasteiger partial charge in [-0.15, -0.1) is 10.2 Å². The molecule has 0 unspecified atom stereocenters. The van der Waals surface area contributed by atoms with Crippen molar-refractivity contribution in [3.63, 3.8) is 0 Å². The highest BCUT2D eigenvalue weighted by molar-refractivity contribution is 5.67. The maximum Gasteiger partial charge on any atom is 0.223 e. The molecule has 0 aliphatic carbocycles. The Morgan fingerprint density at radius 3 is 3.10 bits per heavy atom. The molecular weight excluding hydrogens is 130 g/mol. The third kappa shape index (κ3) is 0.570. The average molecular weight is 135 g/mol.